The minimum atomic E-state index is -4.30. The topological polar surface area (TPSA) is 48.9 Å². The molecule has 0 radical (unpaired) electrons. The Morgan fingerprint density at radius 3 is 2.50 bits per heavy atom. The van der Waals surface area contributed by atoms with Crippen LogP contribution in [0.15, 0.2) is 29.3 Å². The first-order valence-corrected chi connectivity index (χ1v) is 10.4. The molecular formula is C21H32F3IN4O. The van der Waals surface area contributed by atoms with Gasteiger partial charge in [0.15, 0.2) is 5.96 Å². The zero-order valence-electron chi connectivity index (χ0n) is 17.4. The van der Waals surface area contributed by atoms with Crippen molar-refractivity contribution < 1.29 is 17.9 Å². The van der Waals surface area contributed by atoms with Gasteiger partial charge in [-0.15, -0.1) is 24.0 Å². The molecule has 1 aliphatic heterocycles. The van der Waals surface area contributed by atoms with Crippen molar-refractivity contribution >= 4 is 29.9 Å². The van der Waals surface area contributed by atoms with E-state index in [0.29, 0.717) is 18.2 Å². The molecule has 1 aromatic carbocycles. The lowest BCUT2D eigenvalue weighted by Crippen LogP contribution is -2.49. The van der Waals surface area contributed by atoms with E-state index in [1.807, 2.05) is 25.1 Å². The lowest BCUT2D eigenvalue weighted by Gasteiger charge is -2.33. The molecule has 1 saturated heterocycles. The number of ether oxygens (including phenoxy) is 1. The first kappa shape index (κ1) is 25.2. The quantitative estimate of drug-likeness (QED) is 0.297. The van der Waals surface area contributed by atoms with Gasteiger partial charge in [-0.2, -0.15) is 13.2 Å². The molecule has 0 unspecified atom stereocenters. The molecule has 0 spiro atoms. The molecular weight excluding hydrogens is 508 g/mol. The van der Waals surface area contributed by atoms with Crippen molar-refractivity contribution in [2.75, 3.05) is 26.2 Å². The van der Waals surface area contributed by atoms with Gasteiger partial charge in [-0.1, -0.05) is 24.3 Å². The van der Waals surface area contributed by atoms with Crippen molar-refractivity contribution in [1.29, 1.82) is 0 Å². The van der Waals surface area contributed by atoms with Crippen LogP contribution in [0.25, 0.3) is 0 Å². The van der Waals surface area contributed by atoms with Gasteiger partial charge in [0.2, 0.25) is 0 Å². The Hall–Kier alpha value is -1.07. The van der Waals surface area contributed by atoms with Crippen molar-refractivity contribution in [2.24, 2.45) is 4.99 Å². The van der Waals surface area contributed by atoms with E-state index in [4.69, 9.17) is 4.74 Å². The largest absolute Gasteiger partial charge is 0.411 e. The minimum Gasteiger partial charge on any atom is -0.367 e. The number of alkyl halides is 3. The molecule has 9 heteroatoms. The van der Waals surface area contributed by atoms with E-state index in [-0.39, 0.29) is 30.6 Å². The summed E-state index contributed by atoms with van der Waals surface area (Å²) < 4.78 is 41.4. The van der Waals surface area contributed by atoms with E-state index in [0.717, 1.165) is 50.0 Å². The van der Waals surface area contributed by atoms with Crippen LogP contribution in [0.2, 0.25) is 0 Å². The molecule has 30 heavy (non-hydrogen) atoms. The fourth-order valence-corrected chi connectivity index (χ4v) is 3.63. The number of likely N-dealkylation sites (tertiary alicyclic amines) is 1. The molecule has 3 rings (SSSR count). The second-order valence-electron chi connectivity index (χ2n) is 7.81. The predicted molar refractivity (Wildman–Crippen MR) is 123 cm³/mol. The average Bonchev–Trinajstić information content (AvgIpc) is 3.52. The Balaban J connectivity index is 0.00000320. The molecule has 2 N–H and O–H groups in total. The Morgan fingerprint density at radius 2 is 1.87 bits per heavy atom. The Labute approximate surface area is 193 Å². The molecule has 170 valence electrons. The highest BCUT2D eigenvalue weighted by Crippen LogP contribution is 2.29. The van der Waals surface area contributed by atoms with E-state index < -0.39 is 12.8 Å². The second kappa shape index (κ2) is 12.1. The van der Waals surface area contributed by atoms with Crippen LogP contribution in [0.4, 0.5) is 13.2 Å². The van der Waals surface area contributed by atoms with Crippen LogP contribution >= 0.6 is 24.0 Å². The number of aliphatic imine (C=N–C) groups is 1. The van der Waals surface area contributed by atoms with Crippen molar-refractivity contribution in [1.82, 2.24) is 15.5 Å². The molecule has 2 aliphatic rings. The summed E-state index contributed by atoms with van der Waals surface area (Å²) in [5, 5.41) is 6.82. The summed E-state index contributed by atoms with van der Waals surface area (Å²) in [6.45, 7) is 4.26. The number of nitrogens with zero attached hydrogens (tertiary/aromatic N) is 2. The van der Waals surface area contributed by atoms with Crippen molar-refractivity contribution in [3.8, 4) is 0 Å². The van der Waals surface area contributed by atoms with Gasteiger partial charge in [-0.3, -0.25) is 0 Å². The summed E-state index contributed by atoms with van der Waals surface area (Å²) in [6, 6.07) is 8.60. The van der Waals surface area contributed by atoms with Crippen LogP contribution in [-0.2, 0) is 17.9 Å². The zero-order chi connectivity index (χ0) is 20.7. The third-order valence-corrected chi connectivity index (χ3v) is 5.22. The number of nitrogens with one attached hydrogen (secondary N) is 2. The number of rotatable bonds is 8. The van der Waals surface area contributed by atoms with Gasteiger partial charge >= 0.3 is 6.18 Å². The highest BCUT2D eigenvalue weighted by atomic mass is 127. The summed E-state index contributed by atoms with van der Waals surface area (Å²) in [7, 11) is 0. The molecule has 0 bridgehead atoms. The summed E-state index contributed by atoms with van der Waals surface area (Å²) in [6.07, 6.45) is 0.633. The third kappa shape index (κ3) is 8.97. The van der Waals surface area contributed by atoms with Gasteiger partial charge < -0.3 is 20.3 Å². The van der Waals surface area contributed by atoms with E-state index in [1.54, 1.807) is 6.07 Å². The zero-order valence-corrected chi connectivity index (χ0v) is 19.7. The van der Waals surface area contributed by atoms with Gasteiger partial charge in [0.25, 0.3) is 0 Å². The van der Waals surface area contributed by atoms with Gasteiger partial charge in [0, 0.05) is 31.7 Å². The SMILES string of the molecule is CCNC(=NCc1cccc(COCC(F)(F)F)c1)NC1CCN(C2CC2)CC1.I. The normalized spacial score (nSPS) is 18.7. The van der Waals surface area contributed by atoms with E-state index in [1.165, 1.54) is 12.8 Å². The number of piperidine rings is 1. The molecule has 0 aromatic heterocycles. The summed E-state index contributed by atoms with van der Waals surface area (Å²) >= 11 is 0. The second-order valence-corrected chi connectivity index (χ2v) is 7.81. The Bertz CT molecular complexity index is 674. The summed E-state index contributed by atoms with van der Waals surface area (Å²) in [5.74, 6) is 0.788. The molecule has 0 atom stereocenters. The standard InChI is InChI=1S/C21H31F3N4O.HI/c1-2-25-20(27-18-8-10-28(11-9-18)19-6-7-19)26-13-16-4-3-5-17(12-16)14-29-15-21(22,23)24;/h3-5,12,18-19H,2,6-11,13-15H2,1H3,(H2,25,26,27);1H. The van der Waals surface area contributed by atoms with Crippen LogP contribution in [0.1, 0.15) is 43.7 Å². The molecule has 1 saturated carbocycles. The van der Waals surface area contributed by atoms with E-state index in [9.17, 15) is 13.2 Å². The summed E-state index contributed by atoms with van der Waals surface area (Å²) in [5.41, 5.74) is 1.66. The van der Waals surface area contributed by atoms with Gasteiger partial charge in [0.1, 0.15) is 6.61 Å². The predicted octanol–water partition coefficient (Wildman–Crippen LogP) is 4.07. The Morgan fingerprint density at radius 1 is 1.17 bits per heavy atom. The first-order chi connectivity index (χ1) is 13.9. The minimum absolute atomic E-state index is 0. The fraction of sp³-hybridized carbons (Fsp3) is 0.667. The van der Waals surface area contributed by atoms with Crippen LogP contribution in [-0.4, -0.2) is 55.4 Å². The van der Waals surface area contributed by atoms with Crippen LogP contribution in [0.3, 0.4) is 0 Å². The lowest BCUT2D eigenvalue weighted by molar-refractivity contribution is -0.176. The maximum Gasteiger partial charge on any atom is 0.411 e. The molecule has 1 aliphatic carbocycles. The van der Waals surface area contributed by atoms with Crippen molar-refractivity contribution in [3.63, 3.8) is 0 Å². The molecule has 5 nitrogen and oxygen atoms in total. The first-order valence-electron chi connectivity index (χ1n) is 10.4. The molecule has 0 amide bonds. The van der Waals surface area contributed by atoms with Crippen LogP contribution in [0.5, 0.6) is 0 Å². The monoisotopic (exact) mass is 540 g/mol. The maximum absolute atomic E-state index is 12.2. The van der Waals surface area contributed by atoms with Crippen LogP contribution < -0.4 is 10.6 Å². The number of hydrogen-bond acceptors (Lipinski definition) is 3. The molecule has 2 fully saturated rings. The summed E-state index contributed by atoms with van der Waals surface area (Å²) in [4.78, 5) is 7.26. The third-order valence-electron chi connectivity index (χ3n) is 5.22. The van der Waals surface area contributed by atoms with Crippen LogP contribution in [0, 0.1) is 0 Å². The molecule has 1 aromatic rings. The highest BCUT2D eigenvalue weighted by Gasteiger charge is 2.32. The van der Waals surface area contributed by atoms with E-state index in [2.05, 4.69) is 20.5 Å². The molecule has 1 heterocycles. The van der Waals surface area contributed by atoms with Gasteiger partial charge in [-0.05, 0) is 43.7 Å². The number of guanidine groups is 1. The van der Waals surface area contributed by atoms with Gasteiger partial charge in [-0.25, -0.2) is 4.99 Å². The fourth-order valence-electron chi connectivity index (χ4n) is 3.63. The number of hydrogen-bond donors (Lipinski definition) is 2. The van der Waals surface area contributed by atoms with Crippen molar-refractivity contribution in [3.05, 3.63) is 35.4 Å². The lowest BCUT2D eigenvalue weighted by atomic mass is 10.1. The van der Waals surface area contributed by atoms with Gasteiger partial charge in [0.05, 0.1) is 13.2 Å². The maximum atomic E-state index is 12.2. The number of halogens is 4. The smallest absolute Gasteiger partial charge is 0.367 e. The highest BCUT2D eigenvalue weighted by molar-refractivity contribution is 14.0. The number of benzene rings is 1. The average molecular weight is 540 g/mol. The van der Waals surface area contributed by atoms with E-state index >= 15 is 0 Å². The van der Waals surface area contributed by atoms with Crippen molar-refractivity contribution in [2.45, 2.75) is 64.0 Å². The Kier molecular flexibility index (Phi) is 10.2.